The molecule has 0 spiro atoms. The van der Waals surface area contributed by atoms with Crippen molar-refractivity contribution < 1.29 is 4.79 Å². The van der Waals surface area contributed by atoms with Crippen LogP contribution in [0.1, 0.15) is 15.9 Å². The summed E-state index contributed by atoms with van der Waals surface area (Å²) in [5.41, 5.74) is 5.63. The SMILES string of the molecule is O=C1c2ccccc2-c2cccc3cccc1c23.c1cscn1. The van der Waals surface area contributed by atoms with Crippen LogP contribution in [0.3, 0.4) is 0 Å². The van der Waals surface area contributed by atoms with Crippen LogP contribution in [0.5, 0.6) is 0 Å². The highest BCUT2D eigenvalue weighted by molar-refractivity contribution is 7.07. The zero-order valence-corrected chi connectivity index (χ0v) is 13.1. The standard InChI is InChI=1S/C17H10O.C3H3NS/c18-17-14-8-2-1-7-12(14)13-9-3-5-11-6-4-10-15(17)16(11)13;1-2-5-3-4-1/h1-10H;1-3H. The maximum Gasteiger partial charge on any atom is 0.194 e. The number of hydrogen-bond acceptors (Lipinski definition) is 3. The molecular weight excluding hydrogens is 302 g/mol. The van der Waals surface area contributed by atoms with Crippen molar-refractivity contribution >= 4 is 27.9 Å². The number of fused-ring (bicyclic) bond motifs is 2. The number of hydrogen-bond donors (Lipinski definition) is 0. The predicted molar refractivity (Wildman–Crippen MR) is 94.9 cm³/mol. The molecule has 110 valence electrons. The van der Waals surface area contributed by atoms with E-state index in [2.05, 4.69) is 23.2 Å². The van der Waals surface area contributed by atoms with E-state index < -0.39 is 0 Å². The van der Waals surface area contributed by atoms with Gasteiger partial charge in [-0.15, -0.1) is 11.3 Å². The summed E-state index contributed by atoms with van der Waals surface area (Å²) in [6.07, 6.45) is 1.77. The average Bonchev–Trinajstić information content (AvgIpc) is 3.19. The summed E-state index contributed by atoms with van der Waals surface area (Å²) in [7, 11) is 0. The van der Waals surface area contributed by atoms with Crippen LogP contribution in [0.2, 0.25) is 0 Å². The van der Waals surface area contributed by atoms with E-state index in [0.717, 1.165) is 27.5 Å². The fourth-order valence-corrected chi connectivity index (χ4v) is 3.34. The lowest BCUT2D eigenvalue weighted by Gasteiger charge is -2.19. The Labute approximate surface area is 138 Å². The van der Waals surface area contributed by atoms with Gasteiger partial charge in [-0.25, -0.2) is 0 Å². The number of benzene rings is 3. The molecule has 3 heteroatoms. The second-order valence-electron chi connectivity index (χ2n) is 5.26. The van der Waals surface area contributed by atoms with Gasteiger partial charge in [0.25, 0.3) is 0 Å². The molecule has 1 aromatic heterocycles. The molecule has 0 amide bonds. The Hall–Kier alpha value is -2.78. The molecule has 1 heterocycles. The van der Waals surface area contributed by atoms with Gasteiger partial charge in [0.1, 0.15) is 0 Å². The monoisotopic (exact) mass is 315 g/mol. The third-order valence-corrected chi connectivity index (χ3v) is 4.48. The largest absolute Gasteiger partial charge is 0.289 e. The quantitative estimate of drug-likeness (QED) is 0.393. The van der Waals surface area contributed by atoms with E-state index in [4.69, 9.17) is 0 Å². The van der Waals surface area contributed by atoms with Gasteiger partial charge in [-0.05, 0) is 16.5 Å². The first-order valence-corrected chi connectivity index (χ1v) is 8.28. The molecule has 0 saturated heterocycles. The highest BCUT2D eigenvalue weighted by Gasteiger charge is 2.23. The first kappa shape index (κ1) is 13.9. The number of ketones is 1. The van der Waals surface area contributed by atoms with Gasteiger partial charge in [0, 0.05) is 28.1 Å². The molecule has 0 saturated carbocycles. The van der Waals surface area contributed by atoms with Crippen LogP contribution in [-0.4, -0.2) is 10.8 Å². The molecule has 5 rings (SSSR count). The minimum Gasteiger partial charge on any atom is -0.289 e. The predicted octanol–water partition coefficient (Wildman–Crippen LogP) is 5.19. The fourth-order valence-electron chi connectivity index (χ4n) is 2.99. The maximum atomic E-state index is 12.5. The van der Waals surface area contributed by atoms with Crippen molar-refractivity contribution in [2.45, 2.75) is 0 Å². The molecule has 23 heavy (non-hydrogen) atoms. The van der Waals surface area contributed by atoms with Gasteiger partial charge in [0.15, 0.2) is 5.78 Å². The molecule has 0 atom stereocenters. The van der Waals surface area contributed by atoms with Gasteiger partial charge in [0.05, 0.1) is 5.51 Å². The molecule has 0 unspecified atom stereocenters. The molecule has 0 radical (unpaired) electrons. The molecule has 0 fully saturated rings. The highest BCUT2D eigenvalue weighted by Crippen LogP contribution is 2.38. The van der Waals surface area contributed by atoms with Crippen molar-refractivity contribution in [1.29, 1.82) is 0 Å². The first-order valence-electron chi connectivity index (χ1n) is 7.34. The number of nitrogens with zero attached hydrogens (tertiary/aromatic N) is 1. The fraction of sp³-hybridized carbons (Fsp3) is 0. The summed E-state index contributed by atoms with van der Waals surface area (Å²) in [5, 5.41) is 4.15. The van der Waals surface area contributed by atoms with Gasteiger partial charge in [-0.2, -0.15) is 0 Å². The molecule has 3 aromatic carbocycles. The summed E-state index contributed by atoms with van der Waals surface area (Å²) in [4.78, 5) is 16.2. The van der Waals surface area contributed by atoms with Crippen molar-refractivity contribution in [3.05, 3.63) is 88.9 Å². The van der Waals surface area contributed by atoms with Crippen molar-refractivity contribution in [1.82, 2.24) is 4.98 Å². The Bertz CT molecular complexity index is 967. The molecule has 1 aliphatic carbocycles. The van der Waals surface area contributed by atoms with E-state index in [0.29, 0.717) is 0 Å². The second kappa shape index (κ2) is 5.78. The zero-order valence-electron chi connectivity index (χ0n) is 12.3. The van der Waals surface area contributed by atoms with E-state index >= 15 is 0 Å². The Kier molecular flexibility index (Phi) is 3.48. The van der Waals surface area contributed by atoms with Crippen molar-refractivity contribution in [2.24, 2.45) is 0 Å². The topological polar surface area (TPSA) is 30.0 Å². The lowest BCUT2D eigenvalue weighted by Crippen LogP contribution is -2.09. The van der Waals surface area contributed by atoms with Crippen LogP contribution in [0, 0.1) is 0 Å². The van der Waals surface area contributed by atoms with Gasteiger partial charge in [0.2, 0.25) is 0 Å². The summed E-state index contributed by atoms with van der Waals surface area (Å²) in [6, 6.07) is 20.0. The van der Waals surface area contributed by atoms with E-state index in [-0.39, 0.29) is 5.78 Å². The average molecular weight is 315 g/mol. The van der Waals surface area contributed by atoms with Crippen LogP contribution in [0.25, 0.3) is 21.9 Å². The van der Waals surface area contributed by atoms with E-state index in [1.165, 1.54) is 5.56 Å². The highest BCUT2D eigenvalue weighted by atomic mass is 32.1. The summed E-state index contributed by atoms with van der Waals surface area (Å²) in [6.45, 7) is 0. The van der Waals surface area contributed by atoms with Crippen LogP contribution in [0.15, 0.2) is 77.8 Å². The van der Waals surface area contributed by atoms with Crippen LogP contribution < -0.4 is 0 Å². The number of rotatable bonds is 0. The number of carbonyl (C=O) groups excluding carboxylic acids is 1. The zero-order chi connectivity index (χ0) is 15.6. The smallest absolute Gasteiger partial charge is 0.194 e. The van der Waals surface area contributed by atoms with Gasteiger partial charge in [-0.1, -0.05) is 60.7 Å². The molecule has 2 nitrogen and oxygen atoms in total. The first-order chi connectivity index (χ1) is 11.4. The maximum absolute atomic E-state index is 12.5. The van der Waals surface area contributed by atoms with Crippen LogP contribution >= 0.6 is 11.3 Å². The lowest BCUT2D eigenvalue weighted by atomic mass is 9.83. The van der Waals surface area contributed by atoms with Crippen LogP contribution in [0.4, 0.5) is 0 Å². The van der Waals surface area contributed by atoms with Crippen molar-refractivity contribution in [3.8, 4) is 11.1 Å². The summed E-state index contributed by atoms with van der Waals surface area (Å²) < 4.78 is 0. The summed E-state index contributed by atoms with van der Waals surface area (Å²) >= 11 is 1.60. The van der Waals surface area contributed by atoms with Gasteiger partial charge < -0.3 is 0 Å². The Morgan fingerprint density at radius 2 is 1.43 bits per heavy atom. The second-order valence-corrected chi connectivity index (χ2v) is 6.01. The van der Waals surface area contributed by atoms with Crippen LogP contribution in [-0.2, 0) is 0 Å². The molecule has 0 N–H and O–H groups in total. The molecule has 0 aliphatic heterocycles. The number of carbonyl (C=O) groups is 1. The van der Waals surface area contributed by atoms with Gasteiger partial charge >= 0.3 is 0 Å². The Morgan fingerprint density at radius 1 is 0.739 bits per heavy atom. The number of aromatic nitrogens is 1. The molecule has 0 bridgehead atoms. The molecular formula is C20H13NOS. The normalized spacial score (nSPS) is 11.6. The molecule has 1 aliphatic rings. The third kappa shape index (κ3) is 2.35. The molecule has 4 aromatic rings. The van der Waals surface area contributed by atoms with Gasteiger partial charge in [-0.3, -0.25) is 9.78 Å². The summed E-state index contributed by atoms with van der Waals surface area (Å²) in [5.74, 6) is 0.134. The lowest BCUT2D eigenvalue weighted by molar-refractivity contribution is 0.104. The van der Waals surface area contributed by atoms with E-state index in [1.807, 2.05) is 47.8 Å². The Morgan fingerprint density at radius 3 is 2.09 bits per heavy atom. The minimum atomic E-state index is 0.134. The van der Waals surface area contributed by atoms with E-state index in [1.54, 1.807) is 23.0 Å². The number of thiazole rings is 1. The Balaban J connectivity index is 0.000000233. The van der Waals surface area contributed by atoms with Crippen molar-refractivity contribution in [3.63, 3.8) is 0 Å². The van der Waals surface area contributed by atoms with E-state index in [9.17, 15) is 4.79 Å². The minimum absolute atomic E-state index is 0.134. The van der Waals surface area contributed by atoms with Crippen molar-refractivity contribution in [2.75, 3.05) is 0 Å². The third-order valence-electron chi connectivity index (χ3n) is 3.96.